The van der Waals surface area contributed by atoms with Crippen molar-refractivity contribution in [1.29, 1.82) is 0 Å². The monoisotopic (exact) mass is 414 g/mol. The highest BCUT2D eigenvalue weighted by atomic mass is 19.4. The number of nitrogens with zero attached hydrogens (tertiary/aromatic N) is 1. The number of alkyl halides is 3. The molecule has 1 aliphatic rings. The number of fused-ring (bicyclic) bond motifs is 3. The second kappa shape index (κ2) is 6.83. The van der Waals surface area contributed by atoms with Gasteiger partial charge in [-0.1, -0.05) is 48.5 Å². The van der Waals surface area contributed by atoms with Crippen LogP contribution in [-0.2, 0) is 26.3 Å². The summed E-state index contributed by atoms with van der Waals surface area (Å²) in [5, 5.41) is 0.739. The van der Waals surface area contributed by atoms with Crippen LogP contribution in [0, 0.1) is 0 Å². The number of rotatable bonds is 3. The number of H-pyrrole nitrogens is 1. The third-order valence-electron chi connectivity index (χ3n) is 5.49. The summed E-state index contributed by atoms with van der Waals surface area (Å²) in [6, 6.07) is 14.7. The van der Waals surface area contributed by atoms with Crippen LogP contribution in [0.2, 0.25) is 0 Å². The van der Waals surface area contributed by atoms with Crippen molar-refractivity contribution in [3.63, 3.8) is 0 Å². The van der Waals surface area contributed by atoms with Gasteiger partial charge in [-0.3, -0.25) is 14.4 Å². The minimum atomic E-state index is -5.21. The molecular formula is C22H17F3N2O3. The predicted octanol–water partition coefficient (Wildman–Crippen LogP) is 3.52. The number of carbonyl (C=O) groups excluding carboxylic acids is 3. The second-order valence-electron chi connectivity index (χ2n) is 7.19. The molecule has 0 aliphatic carbocycles. The van der Waals surface area contributed by atoms with Gasteiger partial charge in [0.05, 0.1) is 5.69 Å². The summed E-state index contributed by atoms with van der Waals surface area (Å²) in [5.74, 6) is -4.20. The summed E-state index contributed by atoms with van der Waals surface area (Å²) >= 11 is 0. The average Bonchev–Trinajstić information content (AvgIpc) is 3.11. The number of benzene rings is 2. The van der Waals surface area contributed by atoms with E-state index in [4.69, 9.17) is 0 Å². The molecule has 0 radical (unpaired) electrons. The molecule has 1 unspecified atom stereocenters. The Kier molecular flexibility index (Phi) is 4.52. The fourth-order valence-electron chi connectivity index (χ4n) is 4.30. The highest BCUT2D eigenvalue weighted by molar-refractivity contribution is 6.41. The van der Waals surface area contributed by atoms with Gasteiger partial charge < -0.3 is 9.88 Å². The molecule has 1 amide bonds. The second-order valence-corrected chi connectivity index (χ2v) is 7.19. The van der Waals surface area contributed by atoms with Gasteiger partial charge in [-0.2, -0.15) is 13.2 Å². The molecule has 0 saturated heterocycles. The van der Waals surface area contributed by atoms with E-state index in [0.29, 0.717) is 16.0 Å². The van der Waals surface area contributed by atoms with E-state index < -0.39 is 29.2 Å². The van der Waals surface area contributed by atoms with Crippen LogP contribution in [0.25, 0.3) is 10.9 Å². The van der Waals surface area contributed by atoms with Crippen molar-refractivity contribution in [3.8, 4) is 0 Å². The van der Waals surface area contributed by atoms with Crippen LogP contribution in [0.3, 0.4) is 0 Å². The number of nitrogens with one attached hydrogen (secondary N) is 1. The van der Waals surface area contributed by atoms with Crippen molar-refractivity contribution >= 4 is 28.4 Å². The van der Waals surface area contributed by atoms with Crippen LogP contribution in [0.5, 0.6) is 0 Å². The number of para-hydroxylation sites is 1. The highest BCUT2D eigenvalue weighted by Gasteiger charge is 2.59. The van der Waals surface area contributed by atoms with E-state index in [0.717, 1.165) is 12.3 Å². The van der Waals surface area contributed by atoms with E-state index in [2.05, 4.69) is 4.98 Å². The molecule has 154 valence electrons. The normalized spacial score (nSPS) is 18.9. The largest absolute Gasteiger partial charge is 0.471 e. The molecule has 3 aromatic rings. The standard InChI is InChI=1S/C22H17F3N2O3/c1-13(28)19(29)21(14-7-3-2-4-8-14)18-16(15-9-5-6-10-17(15)26-18)11-12-27(21)20(30)22(23,24)25/h2-10,26H,11-12H2,1H3. The fourth-order valence-corrected chi connectivity index (χ4v) is 4.30. The number of hydrogen-bond acceptors (Lipinski definition) is 3. The first-order valence-electron chi connectivity index (χ1n) is 9.28. The Bertz CT molecular complexity index is 1170. The highest BCUT2D eigenvalue weighted by Crippen LogP contribution is 2.45. The Morgan fingerprint density at radius 2 is 1.63 bits per heavy atom. The molecule has 1 atom stereocenters. The molecule has 0 bridgehead atoms. The zero-order chi connectivity index (χ0) is 21.7. The Labute approximate surface area is 169 Å². The summed E-state index contributed by atoms with van der Waals surface area (Å²) < 4.78 is 40.6. The topological polar surface area (TPSA) is 70.2 Å². The van der Waals surface area contributed by atoms with Crippen LogP contribution in [0.1, 0.15) is 23.7 Å². The molecule has 1 aromatic heterocycles. The lowest BCUT2D eigenvalue weighted by molar-refractivity contribution is -0.192. The van der Waals surface area contributed by atoms with E-state index in [1.54, 1.807) is 42.5 Å². The molecule has 5 nitrogen and oxygen atoms in total. The van der Waals surface area contributed by atoms with Crippen LogP contribution in [0.15, 0.2) is 54.6 Å². The molecule has 4 rings (SSSR count). The van der Waals surface area contributed by atoms with Gasteiger partial charge in [0.25, 0.3) is 0 Å². The van der Waals surface area contributed by atoms with E-state index in [1.807, 2.05) is 0 Å². The minimum absolute atomic E-state index is 0.112. The van der Waals surface area contributed by atoms with Gasteiger partial charge in [-0.15, -0.1) is 0 Å². The molecule has 30 heavy (non-hydrogen) atoms. The van der Waals surface area contributed by atoms with Crippen molar-refractivity contribution in [2.24, 2.45) is 0 Å². The first-order valence-corrected chi connectivity index (χ1v) is 9.28. The van der Waals surface area contributed by atoms with Gasteiger partial charge in [-0.25, -0.2) is 0 Å². The fraction of sp³-hybridized carbons (Fsp3) is 0.227. The lowest BCUT2D eigenvalue weighted by Gasteiger charge is -2.45. The van der Waals surface area contributed by atoms with Gasteiger partial charge in [0, 0.05) is 24.4 Å². The van der Waals surface area contributed by atoms with Gasteiger partial charge >= 0.3 is 12.1 Å². The zero-order valence-electron chi connectivity index (χ0n) is 15.9. The third-order valence-corrected chi connectivity index (χ3v) is 5.49. The molecule has 0 saturated carbocycles. The van der Waals surface area contributed by atoms with Crippen LogP contribution < -0.4 is 0 Å². The molecule has 0 spiro atoms. The summed E-state index contributed by atoms with van der Waals surface area (Å²) in [7, 11) is 0. The average molecular weight is 414 g/mol. The van der Waals surface area contributed by atoms with Crippen molar-refractivity contribution in [2.45, 2.75) is 25.1 Å². The SMILES string of the molecule is CC(=O)C(=O)C1(c2ccccc2)c2[nH]c3ccccc3c2CCN1C(=O)C(F)(F)F. The van der Waals surface area contributed by atoms with Crippen molar-refractivity contribution in [3.05, 3.63) is 71.4 Å². The number of amides is 1. The van der Waals surface area contributed by atoms with E-state index in [1.165, 1.54) is 12.1 Å². The number of carbonyl (C=O) groups is 3. The lowest BCUT2D eigenvalue weighted by Crippen LogP contribution is -2.62. The number of aromatic nitrogens is 1. The van der Waals surface area contributed by atoms with Crippen LogP contribution >= 0.6 is 0 Å². The molecule has 1 N–H and O–H groups in total. The van der Waals surface area contributed by atoms with Gasteiger partial charge in [0.1, 0.15) is 0 Å². The molecule has 1 aliphatic heterocycles. The predicted molar refractivity (Wildman–Crippen MR) is 103 cm³/mol. The van der Waals surface area contributed by atoms with E-state index in [9.17, 15) is 27.6 Å². The van der Waals surface area contributed by atoms with Gasteiger partial charge in [0.2, 0.25) is 5.78 Å². The Hall–Kier alpha value is -3.42. The lowest BCUT2D eigenvalue weighted by atomic mass is 9.75. The van der Waals surface area contributed by atoms with Gasteiger partial charge in [-0.05, 0) is 23.6 Å². The molecule has 0 fully saturated rings. The molecular weight excluding hydrogens is 397 g/mol. The molecule has 8 heteroatoms. The summed E-state index contributed by atoms with van der Waals surface area (Å²) in [4.78, 5) is 41.7. The number of Topliss-reactive ketones (excluding diaryl/α,β-unsaturated/α-hetero) is 2. The van der Waals surface area contributed by atoms with Crippen LogP contribution in [-0.4, -0.2) is 40.1 Å². The first kappa shape index (κ1) is 19.9. The Morgan fingerprint density at radius 1 is 1.00 bits per heavy atom. The summed E-state index contributed by atoms with van der Waals surface area (Å²) in [6.45, 7) is 0.640. The number of hydrogen-bond donors (Lipinski definition) is 1. The maximum absolute atomic E-state index is 13.5. The smallest absolute Gasteiger partial charge is 0.356 e. The molecule has 2 heterocycles. The van der Waals surface area contributed by atoms with Crippen molar-refractivity contribution in [2.75, 3.05) is 6.54 Å². The summed E-state index contributed by atoms with van der Waals surface area (Å²) in [5.41, 5.74) is -0.753. The van der Waals surface area contributed by atoms with Gasteiger partial charge in [0.15, 0.2) is 11.3 Å². The number of aromatic amines is 1. The quantitative estimate of drug-likeness (QED) is 0.667. The van der Waals surface area contributed by atoms with E-state index >= 15 is 0 Å². The maximum atomic E-state index is 13.5. The first-order chi connectivity index (χ1) is 14.2. The van der Waals surface area contributed by atoms with Crippen molar-refractivity contribution in [1.82, 2.24) is 9.88 Å². The third kappa shape index (κ3) is 2.74. The Morgan fingerprint density at radius 3 is 2.27 bits per heavy atom. The van der Waals surface area contributed by atoms with Crippen LogP contribution in [0.4, 0.5) is 13.2 Å². The maximum Gasteiger partial charge on any atom is 0.471 e. The van der Waals surface area contributed by atoms with Crippen molar-refractivity contribution < 1.29 is 27.6 Å². The zero-order valence-corrected chi connectivity index (χ0v) is 15.9. The minimum Gasteiger partial charge on any atom is -0.356 e. The molecule has 2 aromatic carbocycles. The number of halogens is 3. The number of ketones is 2. The summed E-state index contributed by atoms with van der Waals surface area (Å²) in [6.07, 6.45) is -5.10. The van der Waals surface area contributed by atoms with E-state index in [-0.39, 0.29) is 24.2 Å². The Balaban J connectivity index is 2.13.